The summed E-state index contributed by atoms with van der Waals surface area (Å²) in [4.78, 5) is 12.7. The molecule has 0 unspecified atom stereocenters. The first-order chi connectivity index (χ1) is 8.37. The van der Waals surface area contributed by atoms with Crippen LogP contribution in [-0.2, 0) is 0 Å². The van der Waals surface area contributed by atoms with Gasteiger partial charge in [0.2, 0.25) is 0 Å². The molecule has 4 N–H and O–H groups in total. The third-order valence-electron chi connectivity index (χ3n) is 2.09. The van der Waals surface area contributed by atoms with E-state index in [-0.39, 0.29) is 18.2 Å². The number of alkyl halides is 3. The van der Waals surface area contributed by atoms with Crippen molar-refractivity contribution in [3.8, 4) is 5.75 Å². The summed E-state index contributed by atoms with van der Waals surface area (Å²) in [6.07, 6.45) is -4.73. The maximum absolute atomic E-state index is 11.9. The van der Waals surface area contributed by atoms with Gasteiger partial charge >= 0.3 is 12.4 Å². The average Bonchev–Trinajstić information content (AvgIpc) is 2.30. The number of ether oxygens (including phenoxy) is 1. The number of nitrogens with one attached hydrogen (secondary N) is 1. The molecule has 0 aliphatic rings. The van der Waals surface area contributed by atoms with Crippen LogP contribution in [0.15, 0.2) is 24.3 Å². The summed E-state index contributed by atoms with van der Waals surface area (Å²) in [5, 5.41) is 0. The number of nitrogens with zero attached hydrogens (tertiary/aromatic N) is 1. The predicted octanol–water partition coefficient (Wildman–Crippen LogP) is -1.72. The first-order valence-corrected chi connectivity index (χ1v) is 5.07. The van der Waals surface area contributed by atoms with E-state index >= 15 is 0 Å². The number of urea groups is 1. The van der Waals surface area contributed by atoms with E-state index in [1.807, 2.05) is 0 Å². The van der Waals surface area contributed by atoms with E-state index < -0.39 is 12.4 Å². The summed E-state index contributed by atoms with van der Waals surface area (Å²) < 4.78 is 39.6. The molecule has 19 heavy (non-hydrogen) atoms. The monoisotopic (exact) mass is 299 g/mol. The van der Waals surface area contributed by atoms with Gasteiger partial charge in [0.05, 0.1) is 0 Å². The van der Waals surface area contributed by atoms with Crippen molar-refractivity contribution in [3.63, 3.8) is 0 Å². The van der Waals surface area contributed by atoms with E-state index in [0.29, 0.717) is 12.2 Å². The van der Waals surface area contributed by atoms with Crippen LogP contribution in [0.4, 0.5) is 23.7 Å². The average molecular weight is 300 g/mol. The molecule has 1 aromatic carbocycles. The zero-order valence-corrected chi connectivity index (χ0v) is 10.8. The number of carbonyl (C=O) groups excluding carboxylic acids is 1. The van der Waals surface area contributed by atoms with E-state index in [0.717, 1.165) is 12.1 Å². The summed E-state index contributed by atoms with van der Waals surface area (Å²) in [6, 6.07) is 4.56. The van der Waals surface area contributed by atoms with Gasteiger partial charge in [0, 0.05) is 12.2 Å². The SMILES string of the molecule is CCN(C(=O)N[NH3+])c1ccc(OC(F)(F)F)cc1.[Cl-]. The Morgan fingerprint density at radius 2 is 1.89 bits per heavy atom. The first-order valence-electron chi connectivity index (χ1n) is 5.07. The molecule has 0 saturated heterocycles. The van der Waals surface area contributed by atoms with Gasteiger partial charge in [-0.15, -0.1) is 13.2 Å². The van der Waals surface area contributed by atoms with Gasteiger partial charge in [-0.1, -0.05) is 0 Å². The lowest BCUT2D eigenvalue weighted by atomic mass is 10.3. The largest absolute Gasteiger partial charge is 1.00 e. The van der Waals surface area contributed by atoms with Crippen LogP contribution in [0.25, 0.3) is 0 Å². The van der Waals surface area contributed by atoms with E-state index in [2.05, 4.69) is 16.0 Å². The first kappa shape index (κ1) is 17.3. The van der Waals surface area contributed by atoms with E-state index in [9.17, 15) is 18.0 Å². The molecule has 1 rings (SSSR count). The fraction of sp³-hybridized carbons (Fsp3) is 0.300. The van der Waals surface area contributed by atoms with Crippen molar-refractivity contribution in [2.24, 2.45) is 0 Å². The van der Waals surface area contributed by atoms with Crippen LogP contribution in [0.1, 0.15) is 6.92 Å². The lowest BCUT2D eigenvalue weighted by Gasteiger charge is -2.19. The number of rotatable bonds is 3. The molecular weight excluding hydrogens is 287 g/mol. The van der Waals surface area contributed by atoms with Crippen LogP contribution in [0, 0.1) is 0 Å². The number of anilines is 1. The second-order valence-corrected chi connectivity index (χ2v) is 3.27. The summed E-state index contributed by atoms with van der Waals surface area (Å²) >= 11 is 0. The molecule has 0 fully saturated rings. The molecule has 0 aliphatic carbocycles. The summed E-state index contributed by atoms with van der Waals surface area (Å²) in [7, 11) is 0. The van der Waals surface area contributed by atoms with Gasteiger partial charge in [0.1, 0.15) is 5.75 Å². The van der Waals surface area contributed by atoms with Gasteiger partial charge in [0.25, 0.3) is 0 Å². The normalized spacial score (nSPS) is 10.4. The van der Waals surface area contributed by atoms with Gasteiger partial charge in [-0.25, -0.2) is 4.79 Å². The van der Waals surface area contributed by atoms with Crippen molar-refractivity contribution in [3.05, 3.63) is 24.3 Å². The highest BCUT2D eigenvalue weighted by molar-refractivity contribution is 5.90. The lowest BCUT2D eigenvalue weighted by Crippen LogP contribution is -3.00. The van der Waals surface area contributed by atoms with Crippen LogP contribution in [-0.4, -0.2) is 18.9 Å². The molecule has 5 nitrogen and oxygen atoms in total. The van der Waals surface area contributed by atoms with Crippen molar-refractivity contribution in [2.75, 3.05) is 11.4 Å². The molecule has 0 spiro atoms. The Morgan fingerprint density at radius 3 is 2.26 bits per heavy atom. The Kier molecular flexibility index (Phi) is 6.43. The van der Waals surface area contributed by atoms with Gasteiger partial charge < -0.3 is 17.1 Å². The van der Waals surface area contributed by atoms with Gasteiger partial charge in [0.15, 0.2) is 0 Å². The van der Waals surface area contributed by atoms with Gasteiger partial charge in [-0.05, 0) is 31.2 Å². The molecular formula is C10H13ClF3N3O2. The van der Waals surface area contributed by atoms with Gasteiger partial charge in [-0.3, -0.25) is 10.7 Å². The Labute approximate surface area is 113 Å². The standard InChI is InChI=1S/C10H12F3N3O2.ClH/c1-2-16(9(17)15-14)7-3-5-8(6-4-7)18-10(11,12)13;/h3-6H,2,14H2,1H3,(H,15,17);1H. The van der Waals surface area contributed by atoms with Gasteiger partial charge in [-0.2, -0.15) is 5.43 Å². The second-order valence-electron chi connectivity index (χ2n) is 3.27. The molecule has 2 amide bonds. The highest BCUT2D eigenvalue weighted by Gasteiger charge is 2.31. The Bertz CT molecular complexity index is 411. The fourth-order valence-electron chi connectivity index (χ4n) is 1.37. The van der Waals surface area contributed by atoms with Crippen LogP contribution in [0.2, 0.25) is 0 Å². The fourth-order valence-corrected chi connectivity index (χ4v) is 1.37. The summed E-state index contributed by atoms with van der Waals surface area (Å²) in [5.41, 5.74) is 2.65. The van der Waals surface area contributed by atoms with E-state index in [1.165, 1.54) is 17.0 Å². The minimum Gasteiger partial charge on any atom is -1.00 e. The molecule has 0 aliphatic heterocycles. The number of amides is 2. The third kappa shape index (κ3) is 5.23. The minimum absolute atomic E-state index is 0. The maximum atomic E-state index is 11.9. The molecule has 0 bridgehead atoms. The van der Waals surface area contributed by atoms with Crippen molar-refractivity contribution >= 4 is 11.7 Å². The van der Waals surface area contributed by atoms with E-state index in [4.69, 9.17) is 0 Å². The molecule has 0 atom stereocenters. The van der Waals surface area contributed by atoms with E-state index in [1.54, 1.807) is 6.92 Å². The van der Waals surface area contributed by atoms with Crippen LogP contribution in [0.5, 0.6) is 5.75 Å². The van der Waals surface area contributed by atoms with Crippen LogP contribution < -0.4 is 33.3 Å². The minimum atomic E-state index is -4.73. The van der Waals surface area contributed by atoms with Crippen LogP contribution in [0.3, 0.4) is 0 Å². The Balaban J connectivity index is 0.00000324. The molecule has 108 valence electrons. The number of quaternary nitrogens is 1. The quantitative estimate of drug-likeness (QED) is 0.652. The molecule has 0 saturated carbocycles. The van der Waals surface area contributed by atoms with Crippen molar-refractivity contribution in [1.82, 2.24) is 5.43 Å². The number of hydrogen-bond acceptors (Lipinski definition) is 2. The number of halogens is 4. The Hall–Kier alpha value is -1.67. The molecule has 0 aromatic heterocycles. The maximum Gasteiger partial charge on any atom is 0.573 e. The number of hydrogen-bond donors (Lipinski definition) is 2. The lowest BCUT2D eigenvalue weighted by molar-refractivity contribution is -0.422. The topological polar surface area (TPSA) is 69.2 Å². The number of carbonyl (C=O) groups is 1. The third-order valence-corrected chi connectivity index (χ3v) is 2.09. The zero-order valence-electron chi connectivity index (χ0n) is 10.00. The van der Waals surface area contributed by atoms with Crippen molar-refractivity contribution in [2.45, 2.75) is 13.3 Å². The van der Waals surface area contributed by atoms with Crippen molar-refractivity contribution < 1.29 is 41.0 Å². The summed E-state index contributed by atoms with van der Waals surface area (Å²) in [5.74, 6) is 2.90. The molecule has 1 aromatic rings. The number of benzene rings is 1. The Morgan fingerprint density at radius 1 is 1.37 bits per heavy atom. The smallest absolute Gasteiger partial charge is 0.573 e. The molecule has 9 heteroatoms. The summed E-state index contributed by atoms with van der Waals surface area (Å²) in [6.45, 7) is 2.09. The van der Waals surface area contributed by atoms with Crippen molar-refractivity contribution in [1.29, 1.82) is 0 Å². The molecule has 0 heterocycles. The highest BCUT2D eigenvalue weighted by Crippen LogP contribution is 2.25. The highest BCUT2D eigenvalue weighted by atomic mass is 35.5. The zero-order chi connectivity index (χ0) is 13.8. The second kappa shape index (κ2) is 7.05. The van der Waals surface area contributed by atoms with Crippen LogP contribution >= 0.6 is 0 Å². The molecule has 0 radical (unpaired) electrons. The predicted molar refractivity (Wildman–Crippen MR) is 57.6 cm³/mol.